The van der Waals surface area contributed by atoms with Gasteiger partial charge in [-0.15, -0.1) is 0 Å². The Hall–Kier alpha value is -1.65. The molecule has 1 aromatic rings. The highest BCUT2D eigenvalue weighted by Gasteiger charge is 2.22. The van der Waals surface area contributed by atoms with E-state index in [2.05, 4.69) is 0 Å². The number of benzene rings is 1. The zero-order valence-corrected chi connectivity index (χ0v) is 14.3. The fourth-order valence-corrected chi connectivity index (χ4v) is 1.75. The average molecular weight is 320 g/mol. The van der Waals surface area contributed by atoms with Crippen LogP contribution in [-0.2, 0) is 20.9 Å². The molecule has 0 bridgehead atoms. The van der Waals surface area contributed by atoms with Gasteiger partial charge in [0, 0.05) is 6.42 Å². The second kappa shape index (κ2) is 10.2. The SMILES string of the molecule is CC(C)(C)C(=O)OCC[C@@H](O)/C=C/CCOCc1ccccc1. The summed E-state index contributed by atoms with van der Waals surface area (Å²) in [6, 6.07) is 10.0. The van der Waals surface area contributed by atoms with Crippen molar-refractivity contribution in [1.82, 2.24) is 0 Å². The molecule has 0 aliphatic rings. The molecule has 1 N–H and O–H groups in total. The van der Waals surface area contributed by atoms with Gasteiger partial charge in [-0.1, -0.05) is 42.5 Å². The van der Waals surface area contributed by atoms with E-state index in [0.29, 0.717) is 19.6 Å². The number of rotatable bonds is 9. The van der Waals surface area contributed by atoms with Crippen LogP contribution in [0.25, 0.3) is 0 Å². The summed E-state index contributed by atoms with van der Waals surface area (Å²) in [6.07, 6.45) is 4.16. The minimum absolute atomic E-state index is 0.228. The smallest absolute Gasteiger partial charge is 0.311 e. The fourth-order valence-electron chi connectivity index (χ4n) is 1.75. The molecule has 0 saturated carbocycles. The normalized spacial score (nSPS) is 13.2. The number of hydrogen-bond donors (Lipinski definition) is 1. The summed E-state index contributed by atoms with van der Waals surface area (Å²) in [5.41, 5.74) is 0.647. The first-order chi connectivity index (χ1) is 10.9. The molecular formula is C19H28O4. The Labute approximate surface area is 139 Å². The molecule has 4 heteroatoms. The molecule has 1 rings (SSSR count). The Bertz CT molecular complexity index is 474. The molecule has 0 unspecified atom stereocenters. The lowest BCUT2D eigenvalue weighted by molar-refractivity contribution is -0.153. The quantitative estimate of drug-likeness (QED) is 0.430. The number of hydrogen-bond acceptors (Lipinski definition) is 4. The van der Waals surface area contributed by atoms with Crippen LogP contribution in [-0.4, -0.2) is 30.4 Å². The van der Waals surface area contributed by atoms with E-state index in [0.717, 1.165) is 12.0 Å². The summed E-state index contributed by atoms with van der Waals surface area (Å²) in [5, 5.41) is 9.78. The predicted octanol–water partition coefficient (Wildman–Crippen LogP) is 3.49. The molecule has 0 saturated heterocycles. The van der Waals surface area contributed by atoms with Crippen LogP contribution in [0.3, 0.4) is 0 Å². The summed E-state index contributed by atoms with van der Waals surface area (Å²) < 4.78 is 10.7. The van der Waals surface area contributed by atoms with Gasteiger partial charge < -0.3 is 14.6 Å². The van der Waals surface area contributed by atoms with Crippen LogP contribution < -0.4 is 0 Å². The molecule has 0 aliphatic heterocycles. The van der Waals surface area contributed by atoms with Crippen molar-refractivity contribution in [3.8, 4) is 0 Å². The van der Waals surface area contributed by atoms with Crippen LogP contribution in [0.1, 0.15) is 39.2 Å². The summed E-state index contributed by atoms with van der Waals surface area (Å²) >= 11 is 0. The lowest BCUT2D eigenvalue weighted by Crippen LogP contribution is -2.24. The molecule has 1 aromatic carbocycles. The minimum atomic E-state index is -0.600. The molecular weight excluding hydrogens is 292 g/mol. The number of esters is 1. The van der Waals surface area contributed by atoms with Gasteiger partial charge in [-0.3, -0.25) is 4.79 Å². The number of aliphatic hydroxyl groups excluding tert-OH is 1. The van der Waals surface area contributed by atoms with Crippen molar-refractivity contribution in [2.45, 2.75) is 46.3 Å². The number of carbonyl (C=O) groups excluding carboxylic acids is 1. The van der Waals surface area contributed by atoms with Crippen LogP contribution in [0.4, 0.5) is 0 Å². The van der Waals surface area contributed by atoms with Gasteiger partial charge in [-0.05, 0) is 32.8 Å². The molecule has 0 spiro atoms. The predicted molar refractivity (Wildman–Crippen MR) is 90.9 cm³/mol. The van der Waals surface area contributed by atoms with Crippen molar-refractivity contribution in [1.29, 1.82) is 0 Å². The standard InChI is InChI=1S/C19H28O4/c1-19(2,3)18(21)23-14-12-17(20)11-7-8-13-22-15-16-9-5-4-6-10-16/h4-7,9-11,17,20H,8,12-15H2,1-3H3/b11-7+/t17-/m0/s1. The van der Waals surface area contributed by atoms with E-state index in [1.165, 1.54) is 0 Å². The number of carbonyl (C=O) groups is 1. The molecule has 0 aromatic heterocycles. The molecule has 0 aliphatic carbocycles. The third-order valence-corrected chi connectivity index (χ3v) is 3.16. The van der Waals surface area contributed by atoms with E-state index in [4.69, 9.17) is 9.47 Å². The van der Waals surface area contributed by atoms with E-state index in [1.807, 2.05) is 36.4 Å². The molecule has 0 radical (unpaired) electrons. The second-order valence-corrected chi connectivity index (χ2v) is 6.50. The second-order valence-electron chi connectivity index (χ2n) is 6.50. The maximum Gasteiger partial charge on any atom is 0.311 e. The van der Waals surface area contributed by atoms with E-state index in [1.54, 1.807) is 26.8 Å². The van der Waals surface area contributed by atoms with Crippen molar-refractivity contribution in [2.24, 2.45) is 5.41 Å². The highest BCUT2D eigenvalue weighted by molar-refractivity contribution is 5.75. The molecule has 128 valence electrons. The van der Waals surface area contributed by atoms with Crippen molar-refractivity contribution < 1.29 is 19.4 Å². The third kappa shape index (κ3) is 9.16. The first-order valence-corrected chi connectivity index (χ1v) is 8.03. The van der Waals surface area contributed by atoms with Gasteiger partial charge in [0.2, 0.25) is 0 Å². The topological polar surface area (TPSA) is 55.8 Å². The van der Waals surface area contributed by atoms with Crippen molar-refractivity contribution >= 4 is 5.97 Å². The summed E-state index contributed by atoms with van der Waals surface area (Å²) in [6.45, 7) is 6.85. The highest BCUT2D eigenvalue weighted by Crippen LogP contribution is 2.15. The van der Waals surface area contributed by atoms with Crippen molar-refractivity contribution in [3.63, 3.8) is 0 Å². The van der Waals surface area contributed by atoms with Crippen LogP contribution >= 0.6 is 0 Å². The molecule has 4 nitrogen and oxygen atoms in total. The number of ether oxygens (including phenoxy) is 2. The fraction of sp³-hybridized carbons (Fsp3) is 0.526. The molecule has 0 fully saturated rings. The Morgan fingerprint density at radius 2 is 1.91 bits per heavy atom. The average Bonchev–Trinajstić information content (AvgIpc) is 2.50. The highest BCUT2D eigenvalue weighted by atomic mass is 16.5. The number of aliphatic hydroxyl groups is 1. The Kier molecular flexibility index (Phi) is 8.59. The summed E-state index contributed by atoms with van der Waals surface area (Å²) in [7, 11) is 0. The van der Waals surface area contributed by atoms with Gasteiger partial charge in [0.05, 0.1) is 31.3 Å². The first kappa shape index (κ1) is 19.4. The van der Waals surface area contributed by atoms with Gasteiger partial charge in [-0.2, -0.15) is 0 Å². The van der Waals surface area contributed by atoms with E-state index < -0.39 is 11.5 Å². The van der Waals surface area contributed by atoms with Gasteiger partial charge in [0.25, 0.3) is 0 Å². The third-order valence-electron chi connectivity index (χ3n) is 3.16. The van der Waals surface area contributed by atoms with E-state index >= 15 is 0 Å². The lowest BCUT2D eigenvalue weighted by atomic mass is 9.97. The molecule has 0 amide bonds. The monoisotopic (exact) mass is 320 g/mol. The lowest BCUT2D eigenvalue weighted by Gasteiger charge is -2.16. The van der Waals surface area contributed by atoms with Gasteiger partial charge in [0.1, 0.15) is 0 Å². The largest absolute Gasteiger partial charge is 0.465 e. The maximum atomic E-state index is 11.6. The van der Waals surface area contributed by atoms with Gasteiger partial charge >= 0.3 is 5.97 Å². The molecule has 23 heavy (non-hydrogen) atoms. The van der Waals surface area contributed by atoms with Crippen LogP contribution in [0.5, 0.6) is 0 Å². The molecule has 1 atom stereocenters. The van der Waals surface area contributed by atoms with Crippen LogP contribution in [0, 0.1) is 5.41 Å². The minimum Gasteiger partial charge on any atom is -0.465 e. The van der Waals surface area contributed by atoms with Crippen LogP contribution in [0.15, 0.2) is 42.5 Å². The van der Waals surface area contributed by atoms with Crippen LogP contribution in [0.2, 0.25) is 0 Å². The van der Waals surface area contributed by atoms with Gasteiger partial charge in [0.15, 0.2) is 0 Å². The van der Waals surface area contributed by atoms with Crippen molar-refractivity contribution in [3.05, 3.63) is 48.0 Å². The summed E-state index contributed by atoms with van der Waals surface area (Å²) in [4.78, 5) is 11.6. The van der Waals surface area contributed by atoms with Gasteiger partial charge in [-0.25, -0.2) is 0 Å². The summed E-state index contributed by atoms with van der Waals surface area (Å²) in [5.74, 6) is -0.247. The maximum absolute atomic E-state index is 11.6. The zero-order valence-electron chi connectivity index (χ0n) is 14.3. The Morgan fingerprint density at radius 3 is 2.57 bits per heavy atom. The molecule has 0 heterocycles. The van der Waals surface area contributed by atoms with E-state index in [9.17, 15) is 9.90 Å². The Morgan fingerprint density at radius 1 is 1.22 bits per heavy atom. The van der Waals surface area contributed by atoms with E-state index in [-0.39, 0.29) is 12.6 Å². The van der Waals surface area contributed by atoms with Crippen molar-refractivity contribution in [2.75, 3.05) is 13.2 Å². The zero-order chi connectivity index (χ0) is 17.1. The first-order valence-electron chi connectivity index (χ1n) is 8.03. The Balaban J connectivity index is 2.07.